The Balaban J connectivity index is 1.68. The van der Waals surface area contributed by atoms with Gasteiger partial charge in [-0.15, -0.1) is 0 Å². The number of amides is 1. The van der Waals surface area contributed by atoms with E-state index in [0.29, 0.717) is 31.2 Å². The standard InChI is InChI=1S/C22H30N4O2/c1-17(15-28-16-19-7-5-4-6-8-19)13-25-22(24-3)26-14-18-9-11-20(12-10-18)21(27)23-2/h4-12,17H,13-16H2,1-3H3,(H,23,27)(H2,24,25,26). The van der Waals surface area contributed by atoms with Crippen LogP contribution in [0.4, 0.5) is 0 Å². The van der Waals surface area contributed by atoms with Gasteiger partial charge in [-0.3, -0.25) is 9.79 Å². The number of aliphatic imine (C=N–C) groups is 1. The van der Waals surface area contributed by atoms with Gasteiger partial charge in [0.05, 0.1) is 13.2 Å². The number of carbonyl (C=O) groups is 1. The molecule has 0 spiro atoms. The van der Waals surface area contributed by atoms with Crippen molar-refractivity contribution in [1.29, 1.82) is 0 Å². The summed E-state index contributed by atoms with van der Waals surface area (Å²) < 4.78 is 5.78. The van der Waals surface area contributed by atoms with E-state index >= 15 is 0 Å². The first-order valence-corrected chi connectivity index (χ1v) is 9.49. The molecule has 150 valence electrons. The molecule has 1 atom stereocenters. The van der Waals surface area contributed by atoms with E-state index in [1.165, 1.54) is 5.56 Å². The average Bonchev–Trinajstić information content (AvgIpc) is 2.74. The van der Waals surface area contributed by atoms with E-state index in [-0.39, 0.29) is 5.91 Å². The van der Waals surface area contributed by atoms with Gasteiger partial charge in [0.1, 0.15) is 0 Å². The van der Waals surface area contributed by atoms with Crippen LogP contribution in [0.15, 0.2) is 59.6 Å². The maximum Gasteiger partial charge on any atom is 0.251 e. The number of nitrogens with one attached hydrogen (secondary N) is 3. The molecule has 28 heavy (non-hydrogen) atoms. The summed E-state index contributed by atoms with van der Waals surface area (Å²) in [5.74, 6) is 1.01. The van der Waals surface area contributed by atoms with Crippen LogP contribution in [0.5, 0.6) is 0 Å². The van der Waals surface area contributed by atoms with Crippen molar-refractivity contribution in [3.63, 3.8) is 0 Å². The number of ether oxygens (including phenoxy) is 1. The Bertz CT molecular complexity index is 745. The lowest BCUT2D eigenvalue weighted by atomic mass is 10.1. The molecule has 0 aromatic heterocycles. The minimum Gasteiger partial charge on any atom is -0.376 e. The first-order chi connectivity index (χ1) is 13.6. The molecule has 6 nitrogen and oxygen atoms in total. The molecule has 0 saturated heterocycles. The predicted octanol–water partition coefficient (Wildman–Crippen LogP) is 2.56. The zero-order valence-corrected chi connectivity index (χ0v) is 16.9. The van der Waals surface area contributed by atoms with Gasteiger partial charge in [0.2, 0.25) is 0 Å². The van der Waals surface area contributed by atoms with Gasteiger partial charge in [0.15, 0.2) is 5.96 Å². The SMILES string of the molecule is CN=C(NCc1ccc(C(=O)NC)cc1)NCC(C)COCc1ccccc1. The molecule has 0 radical (unpaired) electrons. The quantitative estimate of drug-likeness (QED) is 0.460. The zero-order valence-electron chi connectivity index (χ0n) is 16.9. The Morgan fingerprint density at radius 3 is 2.39 bits per heavy atom. The van der Waals surface area contributed by atoms with Crippen LogP contribution < -0.4 is 16.0 Å². The third kappa shape index (κ3) is 7.40. The van der Waals surface area contributed by atoms with Crippen LogP contribution in [0.3, 0.4) is 0 Å². The van der Waals surface area contributed by atoms with Crippen molar-refractivity contribution in [2.75, 3.05) is 27.2 Å². The van der Waals surface area contributed by atoms with Crippen molar-refractivity contribution in [3.05, 3.63) is 71.3 Å². The monoisotopic (exact) mass is 382 g/mol. The Morgan fingerprint density at radius 2 is 1.75 bits per heavy atom. The summed E-state index contributed by atoms with van der Waals surface area (Å²) in [6.45, 7) is 4.85. The van der Waals surface area contributed by atoms with Crippen LogP contribution in [0.2, 0.25) is 0 Å². The summed E-state index contributed by atoms with van der Waals surface area (Å²) in [6.07, 6.45) is 0. The van der Waals surface area contributed by atoms with Crippen LogP contribution in [-0.4, -0.2) is 39.1 Å². The number of hydrogen-bond acceptors (Lipinski definition) is 3. The highest BCUT2D eigenvalue weighted by Gasteiger charge is 2.06. The summed E-state index contributed by atoms with van der Waals surface area (Å²) in [4.78, 5) is 15.8. The summed E-state index contributed by atoms with van der Waals surface area (Å²) in [5, 5.41) is 9.22. The van der Waals surface area contributed by atoms with Crippen molar-refractivity contribution in [2.45, 2.75) is 20.1 Å². The maximum atomic E-state index is 11.6. The summed E-state index contributed by atoms with van der Waals surface area (Å²) >= 11 is 0. The topological polar surface area (TPSA) is 74.8 Å². The van der Waals surface area contributed by atoms with E-state index in [0.717, 1.165) is 18.1 Å². The largest absolute Gasteiger partial charge is 0.376 e. The first-order valence-electron chi connectivity index (χ1n) is 9.49. The van der Waals surface area contributed by atoms with Crippen molar-refractivity contribution in [2.24, 2.45) is 10.9 Å². The predicted molar refractivity (Wildman–Crippen MR) is 113 cm³/mol. The average molecular weight is 383 g/mol. The van der Waals surface area contributed by atoms with Crippen molar-refractivity contribution in [3.8, 4) is 0 Å². The van der Waals surface area contributed by atoms with Gasteiger partial charge in [-0.2, -0.15) is 0 Å². The number of benzene rings is 2. The van der Waals surface area contributed by atoms with Crippen LogP contribution in [0.1, 0.15) is 28.4 Å². The highest BCUT2D eigenvalue weighted by molar-refractivity contribution is 5.93. The fourth-order valence-electron chi connectivity index (χ4n) is 2.61. The molecule has 0 aliphatic heterocycles. The molecule has 3 N–H and O–H groups in total. The number of hydrogen-bond donors (Lipinski definition) is 3. The molecule has 1 amide bonds. The molecule has 0 heterocycles. The third-order valence-electron chi connectivity index (χ3n) is 4.26. The number of nitrogens with zero attached hydrogens (tertiary/aromatic N) is 1. The zero-order chi connectivity index (χ0) is 20.2. The summed E-state index contributed by atoms with van der Waals surface area (Å²) in [5.41, 5.74) is 2.91. The fourth-order valence-corrected chi connectivity index (χ4v) is 2.61. The van der Waals surface area contributed by atoms with Crippen molar-refractivity contribution in [1.82, 2.24) is 16.0 Å². The van der Waals surface area contributed by atoms with E-state index in [9.17, 15) is 4.79 Å². The van der Waals surface area contributed by atoms with Crippen LogP contribution in [-0.2, 0) is 17.9 Å². The smallest absolute Gasteiger partial charge is 0.251 e. The molecular formula is C22H30N4O2. The minimum atomic E-state index is -0.0829. The number of rotatable bonds is 9. The second-order valence-electron chi connectivity index (χ2n) is 6.69. The molecule has 0 aliphatic carbocycles. The molecule has 0 bridgehead atoms. The van der Waals surface area contributed by atoms with Gasteiger partial charge in [0.25, 0.3) is 5.91 Å². The second kappa shape index (κ2) is 11.8. The minimum absolute atomic E-state index is 0.0829. The molecule has 2 aromatic rings. The lowest BCUT2D eigenvalue weighted by Crippen LogP contribution is -2.39. The van der Waals surface area contributed by atoms with Gasteiger partial charge in [-0.05, 0) is 29.2 Å². The van der Waals surface area contributed by atoms with E-state index in [2.05, 4.69) is 40.0 Å². The van der Waals surface area contributed by atoms with Crippen LogP contribution >= 0.6 is 0 Å². The first kappa shape index (κ1) is 21.4. The third-order valence-corrected chi connectivity index (χ3v) is 4.26. The van der Waals surface area contributed by atoms with Crippen LogP contribution in [0, 0.1) is 5.92 Å². The summed E-state index contributed by atoms with van der Waals surface area (Å²) in [6, 6.07) is 17.7. The fraction of sp³-hybridized carbons (Fsp3) is 0.364. The van der Waals surface area contributed by atoms with Gasteiger partial charge >= 0.3 is 0 Å². The van der Waals surface area contributed by atoms with Crippen molar-refractivity contribution >= 4 is 11.9 Å². The van der Waals surface area contributed by atoms with Gasteiger partial charge in [-0.25, -0.2) is 0 Å². The summed E-state index contributed by atoms with van der Waals surface area (Å²) in [7, 11) is 3.38. The molecule has 1 unspecified atom stereocenters. The Morgan fingerprint density at radius 1 is 1.04 bits per heavy atom. The molecule has 0 aliphatic rings. The van der Waals surface area contributed by atoms with E-state index in [4.69, 9.17) is 4.74 Å². The number of carbonyl (C=O) groups excluding carboxylic acids is 1. The van der Waals surface area contributed by atoms with E-state index < -0.39 is 0 Å². The molecular weight excluding hydrogens is 352 g/mol. The molecule has 0 fully saturated rings. The molecule has 2 rings (SSSR count). The van der Waals surface area contributed by atoms with Gasteiger partial charge in [-0.1, -0.05) is 49.4 Å². The lowest BCUT2D eigenvalue weighted by Gasteiger charge is -2.16. The molecule has 2 aromatic carbocycles. The normalized spacial score (nSPS) is 12.3. The second-order valence-corrected chi connectivity index (χ2v) is 6.69. The van der Waals surface area contributed by atoms with Gasteiger partial charge in [0, 0.05) is 32.7 Å². The maximum absolute atomic E-state index is 11.6. The highest BCUT2D eigenvalue weighted by Crippen LogP contribution is 2.05. The molecule has 6 heteroatoms. The van der Waals surface area contributed by atoms with Gasteiger partial charge < -0.3 is 20.7 Å². The number of guanidine groups is 1. The van der Waals surface area contributed by atoms with Crippen LogP contribution in [0.25, 0.3) is 0 Å². The Kier molecular flexibility index (Phi) is 9.01. The Hall–Kier alpha value is -2.86. The van der Waals surface area contributed by atoms with Crippen molar-refractivity contribution < 1.29 is 9.53 Å². The Labute approximate surface area is 167 Å². The molecule has 0 saturated carbocycles. The highest BCUT2D eigenvalue weighted by atomic mass is 16.5. The van der Waals surface area contributed by atoms with E-state index in [1.54, 1.807) is 14.1 Å². The lowest BCUT2D eigenvalue weighted by molar-refractivity contribution is 0.0931. The van der Waals surface area contributed by atoms with E-state index in [1.807, 2.05) is 42.5 Å².